The lowest BCUT2D eigenvalue weighted by atomic mass is 9.78. The molecule has 29 heavy (non-hydrogen) atoms. The minimum Gasteiger partial charge on any atom is -0.493 e. The molecule has 1 aromatic rings. The van der Waals surface area contributed by atoms with E-state index in [0.717, 1.165) is 37.2 Å². The van der Waals surface area contributed by atoms with Gasteiger partial charge in [0.05, 0.1) is 13.7 Å². The molecule has 2 atom stereocenters. The van der Waals surface area contributed by atoms with Gasteiger partial charge in [-0.05, 0) is 61.6 Å². The van der Waals surface area contributed by atoms with Gasteiger partial charge < -0.3 is 18.9 Å². The summed E-state index contributed by atoms with van der Waals surface area (Å²) < 4.78 is 22.2. The van der Waals surface area contributed by atoms with E-state index in [4.69, 9.17) is 18.9 Å². The second kappa shape index (κ2) is 9.84. The number of carbonyl (C=O) groups excluding carboxylic acids is 1. The number of rotatable bonds is 12. The van der Waals surface area contributed by atoms with Gasteiger partial charge in [-0.15, -0.1) is 0 Å². The summed E-state index contributed by atoms with van der Waals surface area (Å²) in [4.78, 5) is 11.6. The Labute approximate surface area is 175 Å². The predicted octanol–water partition coefficient (Wildman–Crippen LogP) is 4.80. The molecule has 0 unspecified atom stereocenters. The van der Waals surface area contributed by atoms with E-state index < -0.39 is 0 Å². The molecule has 1 saturated heterocycles. The second-order valence-corrected chi connectivity index (χ2v) is 8.97. The quantitative estimate of drug-likeness (QED) is 0.370. The Kier molecular flexibility index (Phi) is 7.44. The average Bonchev–Trinajstić information content (AvgIpc) is 3.36. The van der Waals surface area contributed by atoms with E-state index in [0.29, 0.717) is 31.5 Å². The third-order valence-corrected chi connectivity index (χ3v) is 6.55. The van der Waals surface area contributed by atoms with Crippen molar-refractivity contribution >= 4 is 5.97 Å². The highest BCUT2D eigenvalue weighted by Crippen LogP contribution is 2.57. The minimum absolute atomic E-state index is 0.0206. The van der Waals surface area contributed by atoms with Crippen molar-refractivity contribution in [3.8, 4) is 11.5 Å². The number of esters is 1. The molecular formula is C24H36O5. The third-order valence-electron chi connectivity index (χ3n) is 6.55. The number of hydrogen-bond acceptors (Lipinski definition) is 5. The first-order valence-corrected chi connectivity index (χ1v) is 11.0. The molecule has 162 valence electrons. The molecule has 0 radical (unpaired) electrons. The maximum Gasteiger partial charge on any atom is 0.306 e. The van der Waals surface area contributed by atoms with Gasteiger partial charge in [-0.2, -0.15) is 0 Å². The zero-order valence-electron chi connectivity index (χ0n) is 18.4. The number of carbonyl (C=O) groups is 1. The lowest BCUT2D eigenvalue weighted by Crippen LogP contribution is -2.27. The topological polar surface area (TPSA) is 54.0 Å². The number of benzene rings is 1. The summed E-state index contributed by atoms with van der Waals surface area (Å²) in [5.74, 6) is 2.66. The predicted molar refractivity (Wildman–Crippen MR) is 112 cm³/mol. The Morgan fingerprint density at radius 3 is 2.55 bits per heavy atom. The second-order valence-electron chi connectivity index (χ2n) is 8.97. The molecule has 5 heteroatoms. The number of hydrogen-bond donors (Lipinski definition) is 0. The number of methoxy groups -OCH3 is 2. The highest BCUT2D eigenvalue weighted by atomic mass is 16.6. The van der Waals surface area contributed by atoms with Crippen molar-refractivity contribution in [3.05, 3.63) is 23.8 Å². The van der Waals surface area contributed by atoms with Gasteiger partial charge >= 0.3 is 5.97 Å². The zero-order chi connectivity index (χ0) is 20.9. The van der Waals surface area contributed by atoms with Crippen molar-refractivity contribution in [2.75, 3.05) is 27.4 Å². The molecule has 1 saturated carbocycles. The van der Waals surface area contributed by atoms with Gasteiger partial charge in [0.1, 0.15) is 6.10 Å². The van der Waals surface area contributed by atoms with Gasteiger partial charge in [0.2, 0.25) is 0 Å². The van der Waals surface area contributed by atoms with Crippen LogP contribution < -0.4 is 9.47 Å². The zero-order valence-corrected chi connectivity index (χ0v) is 18.4. The van der Waals surface area contributed by atoms with Crippen LogP contribution in [0.1, 0.15) is 57.9 Å². The molecule has 3 rings (SSSR count). The van der Waals surface area contributed by atoms with Gasteiger partial charge in [-0.1, -0.05) is 19.9 Å². The van der Waals surface area contributed by atoms with E-state index in [9.17, 15) is 4.79 Å². The molecule has 0 spiro atoms. The van der Waals surface area contributed by atoms with Crippen LogP contribution in [0.15, 0.2) is 18.2 Å². The molecule has 5 nitrogen and oxygen atoms in total. The van der Waals surface area contributed by atoms with Crippen LogP contribution >= 0.6 is 0 Å². The molecule has 2 fully saturated rings. The largest absolute Gasteiger partial charge is 0.493 e. The average molecular weight is 405 g/mol. The van der Waals surface area contributed by atoms with Crippen LogP contribution in [-0.2, 0) is 20.7 Å². The Balaban J connectivity index is 1.66. The lowest BCUT2D eigenvalue weighted by molar-refractivity contribution is -0.144. The summed E-state index contributed by atoms with van der Waals surface area (Å²) >= 11 is 0. The molecule has 1 aliphatic heterocycles. The molecule has 2 aliphatic rings. The molecular weight excluding hydrogens is 368 g/mol. The van der Waals surface area contributed by atoms with Crippen LogP contribution in [0.2, 0.25) is 0 Å². The maximum atomic E-state index is 11.6. The molecule has 0 N–H and O–H groups in total. The third kappa shape index (κ3) is 5.65. The Bertz CT molecular complexity index is 680. The fraction of sp³-hybridized carbons (Fsp3) is 0.708. The SMILES string of the molecule is COCCCOc1cc(C[C@@H](CC2([C@H]3CCC(=O)O3)CC2)C(C)C)ccc1OC. The van der Waals surface area contributed by atoms with E-state index in [1.165, 1.54) is 18.4 Å². The van der Waals surface area contributed by atoms with Gasteiger partial charge in [-0.3, -0.25) is 4.79 Å². The summed E-state index contributed by atoms with van der Waals surface area (Å²) in [5, 5.41) is 0. The summed E-state index contributed by atoms with van der Waals surface area (Å²) in [6.07, 6.45) is 6.95. The first kappa shape index (κ1) is 21.9. The molecule has 0 amide bonds. The van der Waals surface area contributed by atoms with E-state index >= 15 is 0 Å². The monoisotopic (exact) mass is 404 g/mol. The lowest BCUT2D eigenvalue weighted by Gasteiger charge is -2.29. The summed E-state index contributed by atoms with van der Waals surface area (Å²) in [7, 11) is 3.38. The maximum absolute atomic E-state index is 11.6. The number of ether oxygens (including phenoxy) is 4. The van der Waals surface area contributed by atoms with Gasteiger partial charge in [0, 0.05) is 32.0 Å². The van der Waals surface area contributed by atoms with Crippen LogP contribution in [-0.4, -0.2) is 39.5 Å². The van der Waals surface area contributed by atoms with Crippen molar-refractivity contribution in [2.45, 2.75) is 64.9 Å². The Hall–Kier alpha value is -1.75. The first-order chi connectivity index (χ1) is 14.0. The Morgan fingerprint density at radius 1 is 1.17 bits per heavy atom. The van der Waals surface area contributed by atoms with Crippen molar-refractivity contribution in [1.29, 1.82) is 0 Å². The van der Waals surface area contributed by atoms with Crippen molar-refractivity contribution < 1.29 is 23.7 Å². The van der Waals surface area contributed by atoms with Gasteiger partial charge in [0.25, 0.3) is 0 Å². The van der Waals surface area contributed by atoms with Crippen molar-refractivity contribution in [3.63, 3.8) is 0 Å². The van der Waals surface area contributed by atoms with Crippen molar-refractivity contribution in [2.24, 2.45) is 17.3 Å². The summed E-state index contributed by atoms with van der Waals surface area (Å²) in [6.45, 7) is 5.89. The smallest absolute Gasteiger partial charge is 0.306 e. The normalized spacial score (nSPS) is 21.1. The van der Waals surface area contributed by atoms with Gasteiger partial charge in [0.15, 0.2) is 11.5 Å². The van der Waals surface area contributed by atoms with Crippen LogP contribution in [0.3, 0.4) is 0 Å². The van der Waals surface area contributed by atoms with Crippen LogP contribution in [0.5, 0.6) is 11.5 Å². The van der Waals surface area contributed by atoms with E-state index in [1.54, 1.807) is 14.2 Å². The number of cyclic esters (lactones) is 1. The van der Waals surface area contributed by atoms with E-state index in [-0.39, 0.29) is 17.5 Å². The fourth-order valence-electron chi connectivity index (χ4n) is 4.49. The van der Waals surface area contributed by atoms with Crippen LogP contribution in [0.25, 0.3) is 0 Å². The minimum atomic E-state index is -0.0206. The summed E-state index contributed by atoms with van der Waals surface area (Å²) in [6, 6.07) is 6.27. The Morgan fingerprint density at radius 2 is 1.97 bits per heavy atom. The van der Waals surface area contributed by atoms with E-state index in [1.807, 2.05) is 6.07 Å². The standard InChI is InChI=1S/C24H36O5/c1-17(2)19(16-24(10-11-24)22-8-9-23(25)29-22)14-18-6-7-20(27-4)21(15-18)28-13-5-12-26-3/h6-7,15,17,19,22H,5,8-14,16H2,1-4H3/t19-,22+/m0/s1. The van der Waals surface area contributed by atoms with Crippen molar-refractivity contribution in [1.82, 2.24) is 0 Å². The molecule has 0 bridgehead atoms. The fourth-order valence-corrected chi connectivity index (χ4v) is 4.49. The summed E-state index contributed by atoms with van der Waals surface area (Å²) in [5.41, 5.74) is 1.48. The van der Waals surface area contributed by atoms with Crippen LogP contribution in [0.4, 0.5) is 0 Å². The first-order valence-electron chi connectivity index (χ1n) is 11.0. The molecule has 1 aliphatic carbocycles. The molecule has 1 aromatic carbocycles. The van der Waals surface area contributed by atoms with Crippen LogP contribution in [0, 0.1) is 17.3 Å². The highest BCUT2D eigenvalue weighted by molar-refractivity contribution is 5.71. The molecule has 0 aromatic heterocycles. The van der Waals surface area contributed by atoms with E-state index in [2.05, 4.69) is 26.0 Å². The molecule has 1 heterocycles. The highest BCUT2D eigenvalue weighted by Gasteiger charge is 2.53. The van der Waals surface area contributed by atoms with Gasteiger partial charge in [-0.25, -0.2) is 0 Å².